The Hall–Kier alpha value is -1.76. The van der Waals surface area contributed by atoms with Gasteiger partial charge >= 0.3 is 0 Å². The Kier molecular flexibility index (Phi) is 1.78. The van der Waals surface area contributed by atoms with E-state index in [0.717, 1.165) is 0 Å². The highest BCUT2D eigenvalue weighted by atomic mass is 15.5. The van der Waals surface area contributed by atoms with E-state index >= 15 is 0 Å². The van der Waals surface area contributed by atoms with Crippen molar-refractivity contribution in [3.05, 3.63) is 24.0 Å². The van der Waals surface area contributed by atoms with Crippen LogP contribution in [0.4, 0.5) is 0 Å². The average molecular weight is 179 g/mol. The number of H-pyrrole nitrogens is 1. The molecule has 0 bridgehead atoms. The number of aromatic amines is 1. The molecule has 0 aliphatic heterocycles. The molecule has 7 heteroatoms. The highest BCUT2D eigenvalue weighted by molar-refractivity contribution is 5.10. The first kappa shape index (κ1) is 7.87. The van der Waals surface area contributed by atoms with Gasteiger partial charge in [0.1, 0.15) is 23.9 Å². The molecule has 68 valence electrons. The minimum Gasteiger partial charge on any atom is -0.316 e. The highest BCUT2D eigenvalue weighted by Gasteiger charge is 2.14. The topological polar surface area (TPSA) is 98.3 Å². The van der Waals surface area contributed by atoms with E-state index in [1.165, 1.54) is 11.1 Å². The molecule has 7 nitrogen and oxygen atoms in total. The van der Waals surface area contributed by atoms with Gasteiger partial charge in [-0.3, -0.25) is 5.10 Å². The number of hydrogen-bond donors (Lipinski definition) is 2. The lowest BCUT2D eigenvalue weighted by Crippen LogP contribution is -2.14. The molecule has 2 heterocycles. The third-order valence-electron chi connectivity index (χ3n) is 1.66. The number of aromatic nitrogens is 6. The van der Waals surface area contributed by atoms with E-state index in [1.807, 2.05) is 0 Å². The van der Waals surface area contributed by atoms with Crippen LogP contribution in [0.25, 0.3) is 0 Å². The summed E-state index contributed by atoms with van der Waals surface area (Å²) in [4.78, 5) is 5.38. The molecular formula is C6H9N7. The largest absolute Gasteiger partial charge is 0.316 e. The summed E-state index contributed by atoms with van der Waals surface area (Å²) in [6, 6.07) is -0.392. The second-order valence-corrected chi connectivity index (χ2v) is 2.61. The van der Waals surface area contributed by atoms with Gasteiger partial charge in [0.2, 0.25) is 0 Å². The first-order valence-electron chi connectivity index (χ1n) is 3.74. The Bertz CT molecular complexity index is 375. The van der Waals surface area contributed by atoms with Crippen molar-refractivity contribution >= 4 is 0 Å². The van der Waals surface area contributed by atoms with Crippen LogP contribution < -0.4 is 5.73 Å². The van der Waals surface area contributed by atoms with E-state index in [1.54, 1.807) is 13.2 Å². The van der Waals surface area contributed by atoms with Crippen LogP contribution in [0.1, 0.15) is 17.6 Å². The fourth-order valence-corrected chi connectivity index (χ4v) is 1.01. The first-order chi connectivity index (χ1) is 6.27. The lowest BCUT2D eigenvalue weighted by molar-refractivity contribution is 0.632. The summed E-state index contributed by atoms with van der Waals surface area (Å²) in [6.07, 6.45) is 3.01. The molecule has 0 radical (unpaired) electrons. The van der Waals surface area contributed by atoms with Crippen molar-refractivity contribution in [3.63, 3.8) is 0 Å². The van der Waals surface area contributed by atoms with Crippen LogP contribution in [0, 0.1) is 0 Å². The maximum Gasteiger partial charge on any atom is 0.147 e. The molecule has 2 aromatic rings. The van der Waals surface area contributed by atoms with E-state index in [9.17, 15) is 0 Å². The monoisotopic (exact) mass is 179 g/mol. The number of nitrogens with two attached hydrogens (primary N) is 1. The van der Waals surface area contributed by atoms with E-state index in [4.69, 9.17) is 5.73 Å². The highest BCUT2D eigenvalue weighted by Crippen LogP contribution is 2.10. The molecule has 2 rings (SSSR count). The maximum atomic E-state index is 5.82. The Labute approximate surface area is 74.0 Å². The molecule has 0 fully saturated rings. The second kappa shape index (κ2) is 2.94. The van der Waals surface area contributed by atoms with Crippen LogP contribution in [0.2, 0.25) is 0 Å². The van der Waals surface area contributed by atoms with E-state index < -0.39 is 6.04 Å². The van der Waals surface area contributed by atoms with Gasteiger partial charge in [0.25, 0.3) is 0 Å². The molecule has 0 aromatic carbocycles. The summed E-state index contributed by atoms with van der Waals surface area (Å²) in [6.45, 7) is 0. The number of aryl methyl sites for hydroxylation is 1. The maximum absolute atomic E-state index is 5.82. The molecule has 1 atom stereocenters. The fraction of sp³-hybridized carbons (Fsp3) is 0.333. The van der Waals surface area contributed by atoms with Crippen molar-refractivity contribution in [3.8, 4) is 0 Å². The van der Waals surface area contributed by atoms with Crippen molar-refractivity contribution in [1.82, 2.24) is 30.2 Å². The summed E-state index contributed by atoms with van der Waals surface area (Å²) in [5.74, 6) is 0.584. The van der Waals surface area contributed by atoms with Gasteiger partial charge in [-0.2, -0.15) is 20.1 Å². The third kappa shape index (κ3) is 1.41. The normalized spacial score (nSPS) is 13.1. The van der Waals surface area contributed by atoms with Crippen LogP contribution in [0.5, 0.6) is 0 Å². The van der Waals surface area contributed by atoms with E-state index in [2.05, 4.69) is 25.4 Å². The van der Waals surface area contributed by atoms with Crippen LogP contribution in [-0.4, -0.2) is 30.2 Å². The van der Waals surface area contributed by atoms with Gasteiger partial charge in [-0.25, -0.2) is 4.98 Å². The molecule has 0 aliphatic rings. The van der Waals surface area contributed by atoms with Crippen LogP contribution in [0.3, 0.4) is 0 Å². The van der Waals surface area contributed by atoms with Crippen molar-refractivity contribution in [2.75, 3.05) is 0 Å². The molecule has 13 heavy (non-hydrogen) atoms. The SMILES string of the molecule is Cn1ncc(C(N)c2ncn[nH]2)n1. The number of rotatable bonds is 2. The molecular weight excluding hydrogens is 170 g/mol. The number of nitrogens with one attached hydrogen (secondary N) is 1. The van der Waals surface area contributed by atoms with E-state index in [-0.39, 0.29) is 0 Å². The Balaban J connectivity index is 2.28. The zero-order chi connectivity index (χ0) is 9.26. The Morgan fingerprint density at radius 2 is 2.46 bits per heavy atom. The van der Waals surface area contributed by atoms with Gasteiger partial charge < -0.3 is 5.73 Å². The molecule has 1 unspecified atom stereocenters. The minimum atomic E-state index is -0.392. The molecule has 0 spiro atoms. The predicted molar refractivity (Wildman–Crippen MR) is 43.4 cm³/mol. The zero-order valence-electron chi connectivity index (χ0n) is 7.05. The molecule has 0 aliphatic carbocycles. The smallest absolute Gasteiger partial charge is 0.147 e. The van der Waals surface area contributed by atoms with Gasteiger partial charge in [0.05, 0.1) is 6.20 Å². The van der Waals surface area contributed by atoms with Gasteiger partial charge in [0, 0.05) is 7.05 Å². The molecule has 0 saturated carbocycles. The second-order valence-electron chi connectivity index (χ2n) is 2.61. The van der Waals surface area contributed by atoms with Crippen LogP contribution in [0.15, 0.2) is 12.5 Å². The summed E-state index contributed by atoms with van der Waals surface area (Å²) >= 11 is 0. The summed E-state index contributed by atoms with van der Waals surface area (Å²) < 4.78 is 0. The zero-order valence-corrected chi connectivity index (χ0v) is 7.05. The summed E-state index contributed by atoms with van der Waals surface area (Å²) in [5, 5.41) is 14.4. The van der Waals surface area contributed by atoms with Crippen molar-refractivity contribution < 1.29 is 0 Å². The lowest BCUT2D eigenvalue weighted by atomic mass is 10.2. The van der Waals surface area contributed by atoms with E-state index in [0.29, 0.717) is 11.5 Å². The number of hydrogen-bond acceptors (Lipinski definition) is 5. The van der Waals surface area contributed by atoms with Crippen LogP contribution >= 0.6 is 0 Å². The predicted octanol–water partition coefficient (Wildman–Crippen LogP) is -1.02. The lowest BCUT2D eigenvalue weighted by Gasteiger charge is -2.01. The Morgan fingerprint density at radius 1 is 1.62 bits per heavy atom. The first-order valence-corrected chi connectivity index (χ1v) is 3.74. The molecule has 0 amide bonds. The minimum absolute atomic E-state index is 0.392. The van der Waals surface area contributed by atoms with Crippen molar-refractivity contribution in [1.29, 1.82) is 0 Å². The van der Waals surface area contributed by atoms with Crippen LogP contribution in [-0.2, 0) is 7.05 Å². The van der Waals surface area contributed by atoms with Gasteiger partial charge in [-0.15, -0.1) is 0 Å². The summed E-state index contributed by atoms with van der Waals surface area (Å²) in [7, 11) is 1.73. The van der Waals surface area contributed by atoms with Crippen molar-refractivity contribution in [2.45, 2.75) is 6.04 Å². The fourth-order valence-electron chi connectivity index (χ4n) is 1.01. The molecule has 2 aromatic heterocycles. The van der Waals surface area contributed by atoms with Gasteiger partial charge in [-0.05, 0) is 0 Å². The molecule has 3 N–H and O–H groups in total. The molecule has 0 saturated heterocycles. The van der Waals surface area contributed by atoms with Crippen molar-refractivity contribution in [2.24, 2.45) is 12.8 Å². The number of nitrogens with zero attached hydrogens (tertiary/aromatic N) is 5. The standard InChI is InChI=1S/C6H9N7/c1-13-10-2-4(12-13)5(7)6-8-3-9-11-6/h2-3,5H,7H2,1H3,(H,8,9,11). The summed E-state index contributed by atoms with van der Waals surface area (Å²) in [5.41, 5.74) is 6.49. The van der Waals surface area contributed by atoms with Gasteiger partial charge in [0.15, 0.2) is 0 Å². The Morgan fingerprint density at radius 3 is 3.00 bits per heavy atom. The quantitative estimate of drug-likeness (QED) is 0.615. The van der Waals surface area contributed by atoms with Gasteiger partial charge in [-0.1, -0.05) is 0 Å². The third-order valence-corrected chi connectivity index (χ3v) is 1.66. The average Bonchev–Trinajstić information content (AvgIpc) is 2.72.